The molecule has 20 heavy (non-hydrogen) atoms. The Kier molecular flexibility index (Phi) is 3.67. The summed E-state index contributed by atoms with van der Waals surface area (Å²) in [4.78, 5) is 9.65. The lowest BCUT2D eigenvalue weighted by Gasteiger charge is -2.21. The number of aromatic nitrogens is 2. The summed E-state index contributed by atoms with van der Waals surface area (Å²) in [6.45, 7) is 9.51. The lowest BCUT2D eigenvalue weighted by atomic mass is 9.88. The Morgan fingerprint density at radius 2 is 2.10 bits per heavy atom. The van der Waals surface area contributed by atoms with Gasteiger partial charge in [-0.3, -0.25) is 0 Å². The maximum atomic E-state index is 5.96. The average Bonchev–Trinajstić information content (AvgIpc) is 3.00. The predicted molar refractivity (Wildman–Crippen MR) is 80.3 cm³/mol. The lowest BCUT2D eigenvalue weighted by Crippen LogP contribution is -2.20. The van der Waals surface area contributed by atoms with Gasteiger partial charge in [-0.15, -0.1) is 0 Å². The molecule has 3 atom stereocenters. The minimum atomic E-state index is 0.346. The number of nitrogens with zero attached hydrogens (tertiary/aromatic N) is 2. The first-order valence-electron chi connectivity index (χ1n) is 7.87. The van der Waals surface area contributed by atoms with Gasteiger partial charge < -0.3 is 10.1 Å². The van der Waals surface area contributed by atoms with Gasteiger partial charge >= 0.3 is 0 Å². The number of hydrogen-bond acceptors (Lipinski definition) is 4. The van der Waals surface area contributed by atoms with Crippen molar-refractivity contribution in [2.24, 2.45) is 0 Å². The van der Waals surface area contributed by atoms with Gasteiger partial charge in [0.1, 0.15) is 11.6 Å². The van der Waals surface area contributed by atoms with E-state index in [0.717, 1.165) is 30.3 Å². The molecule has 0 amide bonds. The van der Waals surface area contributed by atoms with Crippen LogP contribution in [0.3, 0.4) is 0 Å². The van der Waals surface area contributed by atoms with E-state index in [1.165, 1.54) is 18.4 Å². The van der Waals surface area contributed by atoms with Crippen LogP contribution in [0.15, 0.2) is 0 Å². The Balaban J connectivity index is 1.96. The molecule has 1 aromatic heterocycles. The molecular formula is C16H25N3O. The second kappa shape index (κ2) is 5.32. The highest BCUT2D eigenvalue weighted by molar-refractivity contribution is 5.48. The largest absolute Gasteiger partial charge is 0.374 e. The van der Waals surface area contributed by atoms with E-state index in [0.29, 0.717) is 24.0 Å². The average molecular weight is 275 g/mol. The van der Waals surface area contributed by atoms with E-state index in [-0.39, 0.29) is 0 Å². The van der Waals surface area contributed by atoms with Gasteiger partial charge in [0.05, 0.1) is 12.2 Å². The van der Waals surface area contributed by atoms with E-state index < -0.39 is 0 Å². The molecule has 0 aromatic carbocycles. The first-order chi connectivity index (χ1) is 9.60. The van der Waals surface area contributed by atoms with Crippen LogP contribution in [0, 0.1) is 6.92 Å². The molecule has 0 radical (unpaired) electrons. The van der Waals surface area contributed by atoms with Crippen molar-refractivity contribution >= 4 is 5.82 Å². The molecule has 3 heterocycles. The van der Waals surface area contributed by atoms with Gasteiger partial charge in [-0.25, -0.2) is 9.97 Å². The first-order valence-corrected chi connectivity index (χ1v) is 7.87. The molecule has 2 aliphatic rings. The molecule has 0 saturated carbocycles. The Morgan fingerprint density at radius 3 is 2.65 bits per heavy atom. The summed E-state index contributed by atoms with van der Waals surface area (Å²) in [5, 5.41) is 3.41. The smallest absolute Gasteiger partial charge is 0.136 e. The number of nitrogens with one attached hydrogen (secondary N) is 1. The van der Waals surface area contributed by atoms with Crippen molar-refractivity contribution in [3.63, 3.8) is 0 Å². The number of fused-ring (bicyclic) bond motifs is 2. The summed E-state index contributed by atoms with van der Waals surface area (Å²) in [7, 11) is 0. The van der Waals surface area contributed by atoms with Crippen molar-refractivity contribution in [1.82, 2.24) is 9.97 Å². The summed E-state index contributed by atoms with van der Waals surface area (Å²) >= 11 is 0. The van der Waals surface area contributed by atoms with Crippen LogP contribution < -0.4 is 5.32 Å². The van der Waals surface area contributed by atoms with Crippen LogP contribution in [-0.4, -0.2) is 28.7 Å². The van der Waals surface area contributed by atoms with Crippen LogP contribution >= 0.6 is 0 Å². The van der Waals surface area contributed by atoms with Crippen LogP contribution in [0.1, 0.15) is 69.0 Å². The maximum absolute atomic E-state index is 5.96. The molecular weight excluding hydrogens is 250 g/mol. The zero-order valence-corrected chi connectivity index (χ0v) is 12.9. The van der Waals surface area contributed by atoms with E-state index in [4.69, 9.17) is 14.7 Å². The van der Waals surface area contributed by atoms with E-state index in [2.05, 4.69) is 33.0 Å². The molecule has 1 N–H and O–H groups in total. The van der Waals surface area contributed by atoms with Crippen molar-refractivity contribution in [2.45, 2.75) is 71.0 Å². The maximum Gasteiger partial charge on any atom is 0.136 e. The van der Waals surface area contributed by atoms with Gasteiger partial charge in [-0.05, 0) is 39.0 Å². The molecule has 3 unspecified atom stereocenters. The monoisotopic (exact) mass is 275 g/mol. The van der Waals surface area contributed by atoms with Crippen molar-refractivity contribution in [3.05, 3.63) is 17.1 Å². The lowest BCUT2D eigenvalue weighted by molar-refractivity contribution is 0.0998. The van der Waals surface area contributed by atoms with Crippen molar-refractivity contribution < 1.29 is 4.74 Å². The fourth-order valence-electron chi connectivity index (χ4n) is 3.67. The predicted octanol–water partition coefficient (Wildman–Crippen LogP) is 3.38. The molecule has 4 nitrogen and oxygen atoms in total. The highest BCUT2D eigenvalue weighted by atomic mass is 16.5. The first kappa shape index (κ1) is 13.8. The van der Waals surface area contributed by atoms with Crippen molar-refractivity contribution in [1.29, 1.82) is 0 Å². The fourth-order valence-corrected chi connectivity index (χ4v) is 3.67. The molecule has 2 bridgehead atoms. The highest BCUT2D eigenvalue weighted by Gasteiger charge is 2.43. The topological polar surface area (TPSA) is 47.0 Å². The standard InChI is InChI=1S/C16H25N3O/c1-5-17-16-14(9(2)3)10(4)18-15(19-16)12-8-11-6-7-13(12)20-11/h9,11-13H,5-8H2,1-4H3,(H,17,18,19). The molecule has 2 fully saturated rings. The Bertz CT molecular complexity index is 501. The van der Waals surface area contributed by atoms with E-state index in [1.54, 1.807) is 0 Å². The summed E-state index contributed by atoms with van der Waals surface area (Å²) < 4.78 is 5.96. The summed E-state index contributed by atoms with van der Waals surface area (Å²) in [6.07, 6.45) is 4.27. The second-order valence-electron chi connectivity index (χ2n) is 6.33. The van der Waals surface area contributed by atoms with Crippen molar-refractivity contribution in [3.8, 4) is 0 Å². The number of hydrogen-bond donors (Lipinski definition) is 1. The van der Waals surface area contributed by atoms with Gasteiger partial charge in [0.15, 0.2) is 0 Å². The number of ether oxygens (including phenoxy) is 1. The van der Waals surface area contributed by atoms with E-state index in [1.807, 2.05) is 0 Å². The molecule has 4 heteroatoms. The minimum Gasteiger partial charge on any atom is -0.374 e. The van der Waals surface area contributed by atoms with Crippen LogP contribution in [0.5, 0.6) is 0 Å². The van der Waals surface area contributed by atoms with Gasteiger partial charge in [-0.2, -0.15) is 0 Å². The minimum absolute atomic E-state index is 0.346. The fraction of sp³-hybridized carbons (Fsp3) is 0.750. The summed E-state index contributed by atoms with van der Waals surface area (Å²) in [6, 6.07) is 0. The second-order valence-corrected chi connectivity index (χ2v) is 6.33. The number of aryl methyl sites for hydroxylation is 1. The number of anilines is 1. The van der Waals surface area contributed by atoms with E-state index in [9.17, 15) is 0 Å². The van der Waals surface area contributed by atoms with Gasteiger partial charge in [-0.1, -0.05) is 13.8 Å². The quantitative estimate of drug-likeness (QED) is 0.915. The zero-order chi connectivity index (χ0) is 14.3. The SMILES string of the molecule is CCNc1nc(C2CC3CCC2O3)nc(C)c1C(C)C. The van der Waals surface area contributed by atoms with Gasteiger partial charge in [0.25, 0.3) is 0 Å². The molecule has 3 rings (SSSR count). The molecule has 0 aliphatic carbocycles. The molecule has 2 aliphatic heterocycles. The highest BCUT2D eigenvalue weighted by Crippen LogP contribution is 2.44. The summed E-state index contributed by atoms with van der Waals surface area (Å²) in [5.41, 5.74) is 2.36. The summed E-state index contributed by atoms with van der Waals surface area (Å²) in [5.74, 6) is 2.84. The van der Waals surface area contributed by atoms with Crippen molar-refractivity contribution in [2.75, 3.05) is 11.9 Å². The molecule has 2 saturated heterocycles. The Labute approximate surface area is 121 Å². The van der Waals surface area contributed by atoms with Crippen LogP contribution in [0.25, 0.3) is 0 Å². The zero-order valence-electron chi connectivity index (χ0n) is 12.9. The van der Waals surface area contributed by atoms with E-state index >= 15 is 0 Å². The Morgan fingerprint density at radius 1 is 1.30 bits per heavy atom. The third-order valence-electron chi connectivity index (χ3n) is 4.51. The van der Waals surface area contributed by atoms with Crippen LogP contribution in [0.4, 0.5) is 5.82 Å². The normalized spacial score (nSPS) is 28.4. The molecule has 110 valence electrons. The van der Waals surface area contributed by atoms with Gasteiger partial charge in [0, 0.05) is 23.7 Å². The van der Waals surface area contributed by atoms with Gasteiger partial charge in [0.2, 0.25) is 0 Å². The molecule has 1 aromatic rings. The van der Waals surface area contributed by atoms with Crippen LogP contribution in [0.2, 0.25) is 0 Å². The Hall–Kier alpha value is -1.16. The third-order valence-corrected chi connectivity index (χ3v) is 4.51. The third kappa shape index (κ3) is 2.30. The van der Waals surface area contributed by atoms with Crippen LogP contribution in [-0.2, 0) is 4.74 Å². The molecule has 0 spiro atoms. The number of rotatable bonds is 4.